The van der Waals surface area contributed by atoms with Crippen LogP contribution in [0.25, 0.3) is 0 Å². The van der Waals surface area contributed by atoms with E-state index < -0.39 is 0 Å². The van der Waals surface area contributed by atoms with Crippen molar-refractivity contribution in [3.63, 3.8) is 0 Å². The zero-order chi connectivity index (χ0) is 13.7. The summed E-state index contributed by atoms with van der Waals surface area (Å²) in [5.74, 6) is 1.72. The monoisotopic (exact) mass is 267 g/mol. The molecule has 0 bridgehead atoms. The predicted molar refractivity (Wildman–Crippen MR) is 78.0 cm³/mol. The van der Waals surface area contributed by atoms with Crippen LogP contribution < -0.4 is 10.6 Å². The Kier molecular flexibility index (Phi) is 5.64. The first-order valence-electron chi connectivity index (χ1n) is 7.86. The zero-order valence-electron chi connectivity index (χ0n) is 12.5. The Morgan fingerprint density at radius 2 is 1.89 bits per heavy atom. The highest BCUT2D eigenvalue weighted by Gasteiger charge is 2.23. The number of rotatable bonds is 7. The van der Waals surface area contributed by atoms with Crippen LogP contribution in [0.2, 0.25) is 0 Å². The van der Waals surface area contributed by atoms with Crippen molar-refractivity contribution in [2.24, 2.45) is 11.8 Å². The Balaban J connectivity index is 1.72. The maximum absolute atomic E-state index is 12.0. The summed E-state index contributed by atoms with van der Waals surface area (Å²) in [5.41, 5.74) is 0. The van der Waals surface area contributed by atoms with Crippen molar-refractivity contribution in [1.82, 2.24) is 15.5 Å². The number of nitrogens with zero attached hydrogens (tertiary/aromatic N) is 1. The van der Waals surface area contributed by atoms with Crippen molar-refractivity contribution in [2.45, 2.75) is 45.6 Å². The van der Waals surface area contributed by atoms with Crippen LogP contribution in [0.4, 0.5) is 0 Å². The standard InChI is InChI=1S/C15H29N3O/c1-12(2)18(10-14-5-7-16-8-6-14)11-15(19)17-9-13-3-4-13/h12-14,16H,3-11H2,1-2H3,(H,17,19). The van der Waals surface area contributed by atoms with Gasteiger partial charge in [0.25, 0.3) is 0 Å². The number of nitrogens with one attached hydrogen (secondary N) is 2. The van der Waals surface area contributed by atoms with Crippen molar-refractivity contribution in [3.05, 3.63) is 0 Å². The molecule has 1 aliphatic heterocycles. The average Bonchev–Trinajstić information content (AvgIpc) is 3.21. The molecule has 4 heteroatoms. The number of hydrogen-bond acceptors (Lipinski definition) is 3. The van der Waals surface area contributed by atoms with Crippen LogP contribution in [0.5, 0.6) is 0 Å². The van der Waals surface area contributed by atoms with Gasteiger partial charge in [-0.2, -0.15) is 0 Å². The topological polar surface area (TPSA) is 44.4 Å². The van der Waals surface area contributed by atoms with Gasteiger partial charge >= 0.3 is 0 Å². The van der Waals surface area contributed by atoms with E-state index in [1.807, 2.05) is 0 Å². The van der Waals surface area contributed by atoms with Gasteiger partial charge in [-0.25, -0.2) is 0 Å². The van der Waals surface area contributed by atoms with Crippen molar-refractivity contribution in [3.8, 4) is 0 Å². The maximum Gasteiger partial charge on any atom is 0.234 e. The van der Waals surface area contributed by atoms with Gasteiger partial charge in [-0.1, -0.05) is 0 Å². The highest BCUT2D eigenvalue weighted by Crippen LogP contribution is 2.27. The average molecular weight is 267 g/mol. The van der Waals surface area contributed by atoms with Gasteiger partial charge in [-0.15, -0.1) is 0 Å². The normalized spacial score (nSPS) is 21.1. The molecule has 0 aromatic rings. The first kappa shape index (κ1) is 14.8. The van der Waals surface area contributed by atoms with Gasteiger partial charge in [0.1, 0.15) is 0 Å². The lowest BCUT2D eigenvalue weighted by Crippen LogP contribution is -2.45. The van der Waals surface area contributed by atoms with Crippen LogP contribution in [0.3, 0.4) is 0 Å². The maximum atomic E-state index is 12.0. The summed E-state index contributed by atoms with van der Waals surface area (Å²) in [4.78, 5) is 14.3. The Labute approximate surface area is 117 Å². The quantitative estimate of drug-likeness (QED) is 0.729. The Morgan fingerprint density at radius 3 is 2.47 bits per heavy atom. The molecule has 2 fully saturated rings. The van der Waals surface area contributed by atoms with Gasteiger partial charge < -0.3 is 10.6 Å². The van der Waals surface area contributed by atoms with Crippen LogP contribution >= 0.6 is 0 Å². The molecular formula is C15H29N3O. The van der Waals surface area contributed by atoms with Crippen LogP contribution in [0, 0.1) is 11.8 Å². The van der Waals surface area contributed by atoms with E-state index in [0.717, 1.165) is 38.0 Å². The molecule has 1 saturated heterocycles. The number of carbonyl (C=O) groups is 1. The van der Waals surface area contributed by atoms with E-state index in [2.05, 4.69) is 29.4 Å². The van der Waals surface area contributed by atoms with Gasteiger partial charge in [0.2, 0.25) is 5.91 Å². The largest absolute Gasteiger partial charge is 0.355 e. The van der Waals surface area contributed by atoms with Gasteiger partial charge in [-0.05, 0) is 64.5 Å². The number of carbonyl (C=O) groups excluding carboxylic acids is 1. The molecule has 0 unspecified atom stereocenters. The van der Waals surface area contributed by atoms with Crippen molar-refractivity contribution < 1.29 is 4.79 Å². The molecule has 0 atom stereocenters. The first-order chi connectivity index (χ1) is 9.15. The lowest BCUT2D eigenvalue weighted by molar-refractivity contribution is -0.122. The first-order valence-corrected chi connectivity index (χ1v) is 7.86. The van der Waals surface area contributed by atoms with E-state index in [9.17, 15) is 4.79 Å². The SMILES string of the molecule is CC(C)N(CC(=O)NCC1CC1)CC1CCNCC1. The van der Waals surface area contributed by atoms with E-state index >= 15 is 0 Å². The second-order valence-electron chi connectivity index (χ2n) is 6.46. The minimum absolute atomic E-state index is 0.203. The van der Waals surface area contributed by atoms with Crippen molar-refractivity contribution in [1.29, 1.82) is 0 Å². The summed E-state index contributed by atoms with van der Waals surface area (Å²) in [6.07, 6.45) is 5.08. The second-order valence-corrected chi connectivity index (χ2v) is 6.46. The molecular weight excluding hydrogens is 238 g/mol. The van der Waals surface area contributed by atoms with Crippen LogP contribution in [0.1, 0.15) is 39.5 Å². The fraction of sp³-hybridized carbons (Fsp3) is 0.933. The minimum Gasteiger partial charge on any atom is -0.355 e. The summed E-state index contributed by atoms with van der Waals surface area (Å²) in [6, 6.07) is 0.446. The molecule has 2 aliphatic rings. The third-order valence-corrected chi connectivity index (χ3v) is 4.31. The van der Waals surface area contributed by atoms with E-state index in [-0.39, 0.29) is 5.91 Å². The van der Waals surface area contributed by atoms with Crippen molar-refractivity contribution >= 4 is 5.91 Å². The van der Waals surface area contributed by atoms with E-state index in [1.54, 1.807) is 0 Å². The molecule has 0 radical (unpaired) electrons. The van der Waals surface area contributed by atoms with Gasteiger partial charge in [0.15, 0.2) is 0 Å². The summed E-state index contributed by atoms with van der Waals surface area (Å²) in [5, 5.41) is 6.47. The van der Waals surface area contributed by atoms with E-state index in [4.69, 9.17) is 0 Å². The second kappa shape index (κ2) is 7.25. The molecule has 110 valence electrons. The predicted octanol–water partition coefficient (Wildman–Crippen LogP) is 1.22. The number of piperidine rings is 1. The molecule has 4 nitrogen and oxygen atoms in total. The fourth-order valence-electron chi connectivity index (χ4n) is 2.67. The molecule has 2 rings (SSSR count). The van der Waals surface area contributed by atoms with Gasteiger partial charge in [-0.3, -0.25) is 9.69 Å². The third-order valence-electron chi connectivity index (χ3n) is 4.31. The lowest BCUT2D eigenvalue weighted by Gasteiger charge is -2.32. The Bertz CT molecular complexity index is 283. The van der Waals surface area contributed by atoms with E-state index in [1.165, 1.54) is 25.7 Å². The highest BCUT2D eigenvalue weighted by molar-refractivity contribution is 5.78. The molecule has 19 heavy (non-hydrogen) atoms. The molecule has 1 heterocycles. The number of amides is 1. The van der Waals surface area contributed by atoms with Crippen LogP contribution in [-0.2, 0) is 4.79 Å². The zero-order valence-corrected chi connectivity index (χ0v) is 12.5. The van der Waals surface area contributed by atoms with E-state index in [0.29, 0.717) is 12.6 Å². The minimum atomic E-state index is 0.203. The summed E-state index contributed by atoms with van der Waals surface area (Å²) >= 11 is 0. The lowest BCUT2D eigenvalue weighted by atomic mass is 9.97. The summed E-state index contributed by atoms with van der Waals surface area (Å²) < 4.78 is 0. The molecule has 0 aromatic carbocycles. The molecule has 1 saturated carbocycles. The third kappa shape index (κ3) is 5.49. The van der Waals surface area contributed by atoms with Crippen molar-refractivity contribution in [2.75, 3.05) is 32.7 Å². The fourth-order valence-corrected chi connectivity index (χ4v) is 2.67. The molecule has 2 N–H and O–H groups in total. The Morgan fingerprint density at radius 1 is 1.21 bits per heavy atom. The summed E-state index contributed by atoms with van der Waals surface area (Å²) in [6.45, 7) is 9.15. The van der Waals surface area contributed by atoms with Gasteiger partial charge in [0.05, 0.1) is 6.54 Å². The summed E-state index contributed by atoms with van der Waals surface area (Å²) in [7, 11) is 0. The molecule has 1 aliphatic carbocycles. The van der Waals surface area contributed by atoms with Crippen LogP contribution in [0.15, 0.2) is 0 Å². The van der Waals surface area contributed by atoms with Crippen LogP contribution in [-0.4, -0.2) is 49.6 Å². The Hall–Kier alpha value is -0.610. The number of hydrogen-bond donors (Lipinski definition) is 2. The molecule has 1 amide bonds. The highest BCUT2D eigenvalue weighted by atomic mass is 16.2. The molecule has 0 spiro atoms. The molecule has 0 aromatic heterocycles. The smallest absolute Gasteiger partial charge is 0.234 e. The van der Waals surface area contributed by atoms with Gasteiger partial charge in [0, 0.05) is 19.1 Å².